The van der Waals surface area contributed by atoms with Crippen LogP contribution in [0.2, 0.25) is 0 Å². The first-order valence-corrected chi connectivity index (χ1v) is 5.06. The second-order valence-electron chi connectivity index (χ2n) is 3.59. The van der Waals surface area contributed by atoms with Gasteiger partial charge in [0.15, 0.2) is 5.82 Å². The van der Waals surface area contributed by atoms with Crippen LogP contribution in [0.25, 0.3) is 0 Å². The molecule has 3 heteroatoms. The van der Waals surface area contributed by atoms with E-state index in [4.69, 9.17) is 0 Å². The molecule has 15 heavy (non-hydrogen) atoms. The Morgan fingerprint density at radius 2 is 2.07 bits per heavy atom. The van der Waals surface area contributed by atoms with Crippen LogP contribution in [0, 0.1) is 0 Å². The molecular formula is C12H11N3. The van der Waals surface area contributed by atoms with Crippen molar-refractivity contribution in [2.24, 2.45) is 0 Å². The van der Waals surface area contributed by atoms with Gasteiger partial charge in [-0.3, -0.25) is 4.98 Å². The molecule has 0 bridgehead atoms. The highest BCUT2D eigenvalue weighted by Gasteiger charge is 2.20. The molecule has 0 unspecified atom stereocenters. The number of rotatable bonds is 1. The van der Waals surface area contributed by atoms with Gasteiger partial charge in [0, 0.05) is 24.6 Å². The van der Waals surface area contributed by atoms with E-state index in [0.717, 1.165) is 18.8 Å². The summed E-state index contributed by atoms with van der Waals surface area (Å²) < 4.78 is 0. The van der Waals surface area contributed by atoms with Crippen molar-refractivity contribution in [3.8, 4) is 0 Å². The lowest BCUT2D eigenvalue weighted by Gasteiger charge is -2.17. The van der Waals surface area contributed by atoms with E-state index in [9.17, 15) is 0 Å². The highest BCUT2D eigenvalue weighted by Crippen LogP contribution is 2.32. The van der Waals surface area contributed by atoms with Gasteiger partial charge in [-0.15, -0.1) is 0 Å². The van der Waals surface area contributed by atoms with Crippen molar-refractivity contribution < 1.29 is 0 Å². The Kier molecular flexibility index (Phi) is 1.88. The standard InChI is InChI=1S/C12H11N3/c1-2-4-11-10(3-1)5-8-15(11)12-9-13-6-7-14-12/h1-4,6-7,9H,5,8H2. The minimum Gasteiger partial charge on any atom is -0.325 e. The lowest BCUT2D eigenvalue weighted by atomic mass is 10.2. The molecule has 74 valence electrons. The van der Waals surface area contributed by atoms with Gasteiger partial charge >= 0.3 is 0 Å². The Hall–Kier alpha value is -1.90. The van der Waals surface area contributed by atoms with E-state index < -0.39 is 0 Å². The van der Waals surface area contributed by atoms with E-state index in [-0.39, 0.29) is 0 Å². The summed E-state index contributed by atoms with van der Waals surface area (Å²) in [5, 5.41) is 0. The van der Waals surface area contributed by atoms with Crippen LogP contribution in [0.3, 0.4) is 0 Å². The number of aromatic nitrogens is 2. The van der Waals surface area contributed by atoms with Gasteiger partial charge in [-0.2, -0.15) is 0 Å². The molecule has 3 nitrogen and oxygen atoms in total. The van der Waals surface area contributed by atoms with Crippen molar-refractivity contribution in [2.75, 3.05) is 11.4 Å². The molecule has 0 aliphatic carbocycles. The first-order chi connectivity index (χ1) is 7.45. The van der Waals surface area contributed by atoms with Crippen LogP contribution < -0.4 is 4.90 Å². The van der Waals surface area contributed by atoms with Gasteiger partial charge in [-0.25, -0.2) is 4.98 Å². The van der Waals surface area contributed by atoms with Gasteiger partial charge in [0.1, 0.15) is 0 Å². The van der Waals surface area contributed by atoms with E-state index in [1.165, 1.54) is 11.3 Å². The molecule has 2 heterocycles. The fraction of sp³-hybridized carbons (Fsp3) is 0.167. The Balaban J connectivity index is 2.05. The molecule has 0 radical (unpaired) electrons. The minimum atomic E-state index is 0.933. The SMILES string of the molecule is c1ccc2c(c1)CCN2c1cnccn1. The van der Waals surface area contributed by atoms with Crippen molar-refractivity contribution >= 4 is 11.5 Å². The Labute approximate surface area is 88.4 Å². The van der Waals surface area contributed by atoms with Gasteiger partial charge in [0.05, 0.1) is 6.20 Å². The first-order valence-electron chi connectivity index (χ1n) is 5.06. The largest absolute Gasteiger partial charge is 0.325 e. The molecule has 1 aliphatic rings. The van der Waals surface area contributed by atoms with Crippen LogP contribution in [-0.2, 0) is 6.42 Å². The van der Waals surface area contributed by atoms with E-state index in [0.29, 0.717) is 0 Å². The molecule has 0 saturated carbocycles. The van der Waals surface area contributed by atoms with Gasteiger partial charge in [-0.05, 0) is 18.1 Å². The number of anilines is 2. The van der Waals surface area contributed by atoms with Crippen molar-refractivity contribution in [1.29, 1.82) is 0 Å². The summed E-state index contributed by atoms with van der Waals surface area (Å²) in [7, 11) is 0. The number of para-hydroxylation sites is 1. The van der Waals surface area contributed by atoms with Crippen LogP contribution in [0.4, 0.5) is 11.5 Å². The predicted octanol–water partition coefficient (Wildman–Crippen LogP) is 2.17. The van der Waals surface area contributed by atoms with Crippen LogP contribution in [0.5, 0.6) is 0 Å². The second-order valence-corrected chi connectivity index (χ2v) is 3.59. The molecule has 2 aromatic rings. The number of hydrogen-bond donors (Lipinski definition) is 0. The summed E-state index contributed by atoms with van der Waals surface area (Å²) in [4.78, 5) is 10.6. The summed E-state index contributed by atoms with van der Waals surface area (Å²) in [6.45, 7) is 0.998. The van der Waals surface area contributed by atoms with E-state index >= 15 is 0 Å². The number of nitrogens with zero attached hydrogens (tertiary/aromatic N) is 3. The Morgan fingerprint density at radius 1 is 1.13 bits per heavy atom. The summed E-state index contributed by atoms with van der Waals surface area (Å²) in [5.74, 6) is 0.933. The third kappa shape index (κ3) is 1.36. The average molecular weight is 197 g/mol. The normalized spacial score (nSPS) is 14.0. The van der Waals surface area contributed by atoms with Gasteiger partial charge in [0.25, 0.3) is 0 Å². The summed E-state index contributed by atoms with van der Waals surface area (Å²) in [6, 6.07) is 8.45. The smallest absolute Gasteiger partial charge is 0.151 e. The molecule has 1 aliphatic heterocycles. The van der Waals surface area contributed by atoms with Crippen LogP contribution in [0.15, 0.2) is 42.9 Å². The number of benzene rings is 1. The van der Waals surface area contributed by atoms with Crippen molar-refractivity contribution in [1.82, 2.24) is 9.97 Å². The predicted molar refractivity (Wildman–Crippen MR) is 59.2 cm³/mol. The van der Waals surface area contributed by atoms with E-state index in [1.807, 2.05) is 6.20 Å². The lowest BCUT2D eigenvalue weighted by Crippen LogP contribution is -2.14. The molecule has 0 amide bonds. The Morgan fingerprint density at radius 3 is 2.93 bits per heavy atom. The fourth-order valence-electron chi connectivity index (χ4n) is 2.01. The van der Waals surface area contributed by atoms with Crippen molar-refractivity contribution in [3.63, 3.8) is 0 Å². The quantitative estimate of drug-likeness (QED) is 0.701. The maximum atomic E-state index is 4.32. The summed E-state index contributed by atoms with van der Waals surface area (Å²) in [6.07, 6.45) is 6.33. The lowest BCUT2D eigenvalue weighted by molar-refractivity contribution is 0.964. The first kappa shape index (κ1) is 8.41. The van der Waals surface area contributed by atoms with Crippen LogP contribution in [0.1, 0.15) is 5.56 Å². The number of hydrogen-bond acceptors (Lipinski definition) is 3. The topological polar surface area (TPSA) is 29.0 Å². The van der Waals surface area contributed by atoms with Crippen LogP contribution in [-0.4, -0.2) is 16.5 Å². The molecule has 1 aromatic heterocycles. The minimum absolute atomic E-state index is 0.933. The van der Waals surface area contributed by atoms with Crippen molar-refractivity contribution in [3.05, 3.63) is 48.4 Å². The van der Waals surface area contributed by atoms with Gasteiger partial charge in [0.2, 0.25) is 0 Å². The monoisotopic (exact) mass is 197 g/mol. The zero-order valence-electron chi connectivity index (χ0n) is 8.30. The van der Waals surface area contributed by atoms with E-state index in [1.54, 1.807) is 12.4 Å². The van der Waals surface area contributed by atoms with Crippen LogP contribution >= 0.6 is 0 Å². The molecule has 0 fully saturated rings. The summed E-state index contributed by atoms with van der Waals surface area (Å²) in [5.41, 5.74) is 2.65. The second kappa shape index (κ2) is 3.35. The molecule has 0 saturated heterocycles. The third-order valence-corrected chi connectivity index (χ3v) is 2.71. The molecule has 0 atom stereocenters. The molecule has 1 aromatic carbocycles. The van der Waals surface area contributed by atoms with Gasteiger partial charge < -0.3 is 4.90 Å². The zero-order chi connectivity index (χ0) is 10.1. The number of fused-ring (bicyclic) bond motifs is 1. The maximum absolute atomic E-state index is 4.32. The fourth-order valence-corrected chi connectivity index (χ4v) is 2.01. The molecule has 0 spiro atoms. The third-order valence-electron chi connectivity index (χ3n) is 2.71. The molecular weight excluding hydrogens is 186 g/mol. The highest BCUT2D eigenvalue weighted by molar-refractivity contribution is 5.66. The van der Waals surface area contributed by atoms with E-state index in [2.05, 4.69) is 39.1 Å². The molecule has 0 N–H and O–H groups in total. The molecule has 3 rings (SSSR count). The Bertz CT molecular complexity index is 467. The highest BCUT2D eigenvalue weighted by atomic mass is 15.2. The maximum Gasteiger partial charge on any atom is 0.151 e. The van der Waals surface area contributed by atoms with Crippen molar-refractivity contribution in [2.45, 2.75) is 6.42 Å². The average Bonchev–Trinajstić information content (AvgIpc) is 2.74. The summed E-state index contributed by atoms with van der Waals surface area (Å²) >= 11 is 0. The zero-order valence-corrected chi connectivity index (χ0v) is 8.30. The van der Waals surface area contributed by atoms with Gasteiger partial charge in [-0.1, -0.05) is 18.2 Å².